The van der Waals surface area contributed by atoms with Crippen molar-refractivity contribution in [3.8, 4) is 0 Å². The van der Waals surface area contributed by atoms with Crippen molar-refractivity contribution in [2.24, 2.45) is 0 Å². The Morgan fingerprint density at radius 1 is 1.28 bits per heavy atom. The predicted octanol–water partition coefficient (Wildman–Crippen LogP) is 1.86. The van der Waals surface area contributed by atoms with Crippen LogP contribution in [-0.2, 0) is 12.8 Å². The van der Waals surface area contributed by atoms with Gasteiger partial charge in [-0.3, -0.25) is 4.79 Å². The Kier molecular flexibility index (Phi) is 2.71. The van der Waals surface area contributed by atoms with Crippen LogP contribution >= 0.6 is 11.3 Å². The smallest absolute Gasteiger partial charge is 0.286 e. The molecule has 1 aliphatic rings. The maximum Gasteiger partial charge on any atom is 0.286 e. The number of rotatable bonds is 2. The first-order valence-corrected chi connectivity index (χ1v) is 6.56. The highest BCUT2D eigenvalue weighted by atomic mass is 32.1. The second kappa shape index (κ2) is 4.38. The standard InChI is InChI=1S/C12H12N4OS/c13-12-16-15-11(18-12)10(17)14-9-5-4-7-2-1-3-8(7)6-9/h4-6H,1-3H2,(H2,13,16)(H,14,17). The molecule has 2 aromatic rings. The summed E-state index contributed by atoms with van der Waals surface area (Å²) in [5, 5.41) is 10.7. The van der Waals surface area contributed by atoms with Crippen LogP contribution in [-0.4, -0.2) is 16.1 Å². The van der Waals surface area contributed by atoms with Crippen molar-refractivity contribution in [1.29, 1.82) is 0 Å². The molecule has 0 unspecified atom stereocenters. The van der Waals surface area contributed by atoms with Gasteiger partial charge in [0, 0.05) is 5.69 Å². The number of hydrogen-bond donors (Lipinski definition) is 2. The van der Waals surface area contributed by atoms with Crippen molar-refractivity contribution >= 4 is 28.1 Å². The van der Waals surface area contributed by atoms with E-state index in [1.807, 2.05) is 12.1 Å². The number of nitrogens with zero attached hydrogens (tertiary/aromatic N) is 2. The van der Waals surface area contributed by atoms with Crippen LogP contribution in [0.1, 0.15) is 27.3 Å². The molecule has 0 spiro atoms. The summed E-state index contributed by atoms with van der Waals surface area (Å²) in [6.45, 7) is 0. The number of nitrogens with one attached hydrogen (secondary N) is 1. The van der Waals surface area contributed by atoms with Gasteiger partial charge in [0.1, 0.15) is 0 Å². The number of aryl methyl sites for hydroxylation is 2. The normalized spacial score (nSPS) is 13.3. The minimum Gasteiger partial charge on any atom is -0.374 e. The second-order valence-corrected chi connectivity index (χ2v) is 5.25. The van der Waals surface area contributed by atoms with Crippen molar-refractivity contribution in [2.75, 3.05) is 11.1 Å². The van der Waals surface area contributed by atoms with E-state index in [1.165, 1.54) is 17.5 Å². The average Bonchev–Trinajstić information content (AvgIpc) is 2.96. The van der Waals surface area contributed by atoms with Gasteiger partial charge in [0.2, 0.25) is 10.1 Å². The molecule has 3 N–H and O–H groups in total. The lowest BCUT2D eigenvalue weighted by molar-refractivity contribution is 0.102. The minimum atomic E-state index is -0.262. The zero-order valence-electron chi connectivity index (χ0n) is 9.64. The molecule has 0 saturated heterocycles. The number of nitrogen functional groups attached to an aromatic ring is 1. The fourth-order valence-corrected chi connectivity index (χ4v) is 2.67. The predicted molar refractivity (Wildman–Crippen MR) is 70.7 cm³/mol. The van der Waals surface area contributed by atoms with Crippen LogP contribution in [0, 0.1) is 0 Å². The molecule has 1 aromatic heterocycles. The SMILES string of the molecule is Nc1nnc(C(=O)Nc2ccc3c(c2)CCC3)s1. The Bertz CT molecular complexity index is 608. The molecule has 1 amide bonds. The molecule has 0 fully saturated rings. The van der Waals surface area contributed by atoms with E-state index >= 15 is 0 Å². The van der Waals surface area contributed by atoms with E-state index in [9.17, 15) is 4.79 Å². The molecule has 18 heavy (non-hydrogen) atoms. The van der Waals surface area contributed by atoms with Gasteiger partial charge in [-0.05, 0) is 42.5 Å². The van der Waals surface area contributed by atoms with Crippen LogP contribution in [0.15, 0.2) is 18.2 Å². The second-order valence-electron chi connectivity index (χ2n) is 4.24. The molecule has 0 bridgehead atoms. The van der Waals surface area contributed by atoms with Gasteiger partial charge in [0.15, 0.2) is 0 Å². The van der Waals surface area contributed by atoms with Gasteiger partial charge in [-0.2, -0.15) is 0 Å². The lowest BCUT2D eigenvalue weighted by Gasteiger charge is -2.05. The summed E-state index contributed by atoms with van der Waals surface area (Å²) in [6, 6.07) is 6.03. The molecule has 6 heteroatoms. The van der Waals surface area contributed by atoms with Crippen molar-refractivity contribution in [3.05, 3.63) is 34.3 Å². The van der Waals surface area contributed by atoms with Crippen LogP contribution in [0.5, 0.6) is 0 Å². The summed E-state index contributed by atoms with van der Waals surface area (Å²) < 4.78 is 0. The highest BCUT2D eigenvalue weighted by molar-refractivity contribution is 7.16. The summed E-state index contributed by atoms with van der Waals surface area (Å²) in [6.07, 6.45) is 3.42. The molecule has 1 aromatic carbocycles. The Morgan fingerprint density at radius 3 is 2.89 bits per heavy atom. The van der Waals surface area contributed by atoms with E-state index in [-0.39, 0.29) is 10.9 Å². The van der Waals surface area contributed by atoms with Crippen LogP contribution in [0.4, 0.5) is 10.8 Å². The van der Waals surface area contributed by atoms with Gasteiger partial charge in [-0.25, -0.2) is 0 Å². The van der Waals surface area contributed by atoms with Crippen molar-refractivity contribution < 1.29 is 4.79 Å². The molecule has 0 saturated carbocycles. The monoisotopic (exact) mass is 260 g/mol. The lowest BCUT2D eigenvalue weighted by atomic mass is 10.1. The van der Waals surface area contributed by atoms with Crippen LogP contribution < -0.4 is 11.1 Å². The number of carbonyl (C=O) groups is 1. The first-order valence-electron chi connectivity index (χ1n) is 5.74. The fraction of sp³-hybridized carbons (Fsp3) is 0.250. The molecule has 0 radical (unpaired) electrons. The largest absolute Gasteiger partial charge is 0.374 e. The van der Waals surface area contributed by atoms with E-state index < -0.39 is 0 Å². The Morgan fingerprint density at radius 2 is 2.11 bits per heavy atom. The lowest BCUT2D eigenvalue weighted by Crippen LogP contribution is -2.11. The van der Waals surface area contributed by atoms with Gasteiger partial charge in [-0.15, -0.1) is 10.2 Å². The molecule has 3 rings (SSSR count). The fourth-order valence-electron chi connectivity index (χ4n) is 2.16. The number of anilines is 2. The zero-order chi connectivity index (χ0) is 12.5. The van der Waals surface area contributed by atoms with Gasteiger partial charge in [-0.1, -0.05) is 17.4 Å². The first kappa shape index (κ1) is 11.2. The number of aromatic nitrogens is 2. The van der Waals surface area contributed by atoms with E-state index in [0.717, 1.165) is 29.9 Å². The van der Waals surface area contributed by atoms with Gasteiger partial charge < -0.3 is 11.1 Å². The summed E-state index contributed by atoms with van der Waals surface area (Å²) in [5.74, 6) is -0.262. The first-order chi connectivity index (χ1) is 8.72. The van der Waals surface area contributed by atoms with Gasteiger partial charge in [0.25, 0.3) is 5.91 Å². The molecular formula is C12H12N4OS. The topological polar surface area (TPSA) is 80.9 Å². The maximum absolute atomic E-state index is 11.9. The Balaban J connectivity index is 1.78. The zero-order valence-corrected chi connectivity index (χ0v) is 10.5. The number of benzene rings is 1. The average molecular weight is 260 g/mol. The van der Waals surface area contributed by atoms with E-state index in [0.29, 0.717) is 5.13 Å². The molecule has 0 atom stereocenters. The number of fused-ring (bicyclic) bond motifs is 1. The molecule has 0 aliphatic heterocycles. The Hall–Kier alpha value is -1.95. The number of nitrogens with two attached hydrogens (primary N) is 1. The van der Waals surface area contributed by atoms with Crippen LogP contribution in [0.2, 0.25) is 0 Å². The molecule has 5 nitrogen and oxygen atoms in total. The van der Waals surface area contributed by atoms with Crippen molar-refractivity contribution in [1.82, 2.24) is 10.2 Å². The van der Waals surface area contributed by atoms with Crippen LogP contribution in [0.3, 0.4) is 0 Å². The van der Waals surface area contributed by atoms with Gasteiger partial charge >= 0.3 is 0 Å². The Labute approximate surface area is 108 Å². The molecule has 92 valence electrons. The minimum absolute atomic E-state index is 0.262. The molecular weight excluding hydrogens is 248 g/mol. The van der Waals surface area contributed by atoms with E-state index in [1.54, 1.807) is 0 Å². The number of carbonyl (C=O) groups excluding carboxylic acids is 1. The van der Waals surface area contributed by atoms with Crippen molar-refractivity contribution in [2.45, 2.75) is 19.3 Å². The third-order valence-corrected chi connectivity index (χ3v) is 3.74. The highest BCUT2D eigenvalue weighted by Crippen LogP contribution is 2.25. The molecule has 1 heterocycles. The maximum atomic E-state index is 11.9. The summed E-state index contributed by atoms with van der Waals surface area (Å²) >= 11 is 1.08. The number of amides is 1. The summed E-state index contributed by atoms with van der Waals surface area (Å²) in [5.41, 5.74) is 8.96. The number of hydrogen-bond acceptors (Lipinski definition) is 5. The quantitative estimate of drug-likeness (QED) is 0.863. The van der Waals surface area contributed by atoms with Gasteiger partial charge in [0.05, 0.1) is 0 Å². The van der Waals surface area contributed by atoms with E-state index in [4.69, 9.17) is 5.73 Å². The van der Waals surface area contributed by atoms with Crippen molar-refractivity contribution in [3.63, 3.8) is 0 Å². The third kappa shape index (κ3) is 2.06. The third-order valence-electron chi connectivity index (χ3n) is 2.99. The summed E-state index contributed by atoms with van der Waals surface area (Å²) in [7, 11) is 0. The van der Waals surface area contributed by atoms with E-state index in [2.05, 4.69) is 21.6 Å². The van der Waals surface area contributed by atoms with Crippen LogP contribution in [0.25, 0.3) is 0 Å². The highest BCUT2D eigenvalue weighted by Gasteiger charge is 2.14. The summed E-state index contributed by atoms with van der Waals surface area (Å²) in [4.78, 5) is 11.9. The molecule has 1 aliphatic carbocycles.